The Morgan fingerprint density at radius 1 is 1.09 bits per heavy atom. The smallest absolute Gasteiger partial charge is 0.256 e. The molecule has 0 fully saturated rings. The van der Waals surface area contributed by atoms with Crippen LogP contribution in [0.3, 0.4) is 0 Å². The normalized spacial score (nSPS) is 10.2. The number of amides is 1. The average molecular weight is 299 g/mol. The van der Waals surface area contributed by atoms with E-state index in [0.29, 0.717) is 23.0 Å². The minimum atomic E-state index is -0.164. The summed E-state index contributed by atoms with van der Waals surface area (Å²) < 4.78 is 0. The van der Waals surface area contributed by atoms with Crippen molar-refractivity contribution in [2.24, 2.45) is 0 Å². The van der Waals surface area contributed by atoms with Gasteiger partial charge in [-0.25, -0.2) is 4.98 Å². The fourth-order valence-electron chi connectivity index (χ4n) is 2.03. The van der Waals surface area contributed by atoms with Crippen LogP contribution < -0.4 is 15.1 Å². The summed E-state index contributed by atoms with van der Waals surface area (Å²) in [4.78, 5) is 24.8. The number of aryl methyl sites for hydroxylation is 1. The van der Waals surface area contributed by atoms with Gasteiger partial charge in [-0.2, -0.15) is 4.98 Å². The lowest BCUT2D eigenvalue weighted by Gasteiger charge is -2.19. The van der Waals surface area contributed by atoms with Crippen LogP contribution in [0.2, 0.25) is 0 Å². The van der Waals surface area contributed by atoms with Crippen molar-refractivity contribution in [3.63, 3.8) is 0 Å². The monoisotopic (exact) mass is 299 g/mol. The molecule has 2 rings (SSSR count). The summed E-state index contributed by atoms with van der Waals surface area (Å²) >= 11 is 0. The average Bonchev–Trinajstić information content (AvgIpc) is 2.47. The molecular formula is C16H21N5O. The van der Waals surface area contributed by atoms with Gasteiger partial charge in [0.15, 0.2) is 5.82 Å². The predicted molar refractivity (Wildman–Crippen MR) is 89.8 cm³/mol. The lowest BCUT2D eigenvalue weighted by atomic mass is 10.1. The van der Waals surface area contributed by atoms with Gasteiger partial charge in [-0.05, 0) is 18.6 Å². The number of benzene rings is 1. The molecule has 0 aliphatic rings. The molecule has 1 amide bonds. The van der Waals surface area contributed by atoms with Crippen molar-refractivity contribution >= 4 is 23.4 Å². The van der Waals surface area contributed by atoms with Crippen LogP contribution in [0.15, 0.2) is 30.5 Å². The molecule has 1 N–H and O–H groups in total. The highest BCUT2D eigenvalue weighted by molar-refractivity contribution is 6.06. The van der Waals surface area contributed by atoms with E-state index in [1.165, 1.54) is 0 Å². The number of rotatable bonds is 4. The number of hydrogen-bond acceptors (Lipinski definition) is 5. The molecule has 0 spiro atoms. The van der Waals surface area contributed by atoms with Crippen molar-refractivity contribution in [3.8, 4) is 0 Å². The number of anilines is 3. The minimum absolute atomic E-state index is 0.164. The lowest BCUT2D eigenvalue weighted by Crippen LogP contribution is -2.21. The molecule has 0 aliphatic carbocycles. The van der Waals surface area contributed by atoms with Gasteiger partial charge in [-0.1, -0.05) is 18.2 Å². The first kappa shape index (κ1) is 15.8. The second kappa shape index (κ2) is 6.43. The second-order valence-electron chi connectivity index (χ2n) is 5.47. The fourth-order valence-corrected chi connectivity index (χ4v) is 2.03. The highest BCUT2D eigenvalue weighted by atomic mass is 16.1. The van der Waals surface area contributed by atoms with E-state index in [9.17, 15) is 4.79 Å². The third-order valence-corrected chi connectivity index (χ3v) is 3.22. The molecule has 0 unspecified atom stereocenters. The van der Waals surface area contributed by atoms with Crippen molar-refractivity contribution in [2.75, 3.05) is 43.3 Å². The molecule has 1 aromatic carbocycles. The standard InChI is InChI=1S/C16H21N5O/c1-11-8-6-7-9-12(11)15(22)18-13-10-17-16(21(4)5)19-14(13)20(2)3/h6-10H,1-5H3,(H,18,22). The Morgan fingerprint density at radius 3 is 2.36 bits per heavy atom. The van der Waals surface area contributed by atoms with Gasteiger partial charge in [0.2, 0.25) is 5.95 Å². The Bertz CT molecular complexity index is 682. The molecule has 2 aromatic rings. The van der Waals surface area contributed by atoms with E-state index in [0.717, 1.165) is 5.56 Å². The zero-order valence-electron chi connectivity index (χ0n) is 13.6. The highest BCUT2D eigenvalue weighted by Gasteiger charge is 2.15. The highest BCUT2D eigenvalue weighted by Crippen LogP contribution is 2.24. The molecular weight excluding hydrogens is 278 g/mol. The van der Waals surface area contributed by atoms with Gasteiger partial charge in [0.25, 0.3) is 5.91 Å². The van der Waals surface area contributed by atoms with E-state index in [-0.39, 0.29) is 5.91 Å². The van der Waals surface area contributed by atoms with Crippen LogP contribution in [0.25, 0.3) is 0 Å². The predicted octanol–water partition coefficient (Wildman–Crippen LogP) is 2.17. The molecule has 0 radical (unpaired) electrons. The number of nitrogens with zero attached hydrogens (tertiary/aromatic N) is 4. The molecule has 0 saturated heterocycles. The molecule has 6 heteroatoms. The van der Waals surface area contributed by atoms with Crippen LogP contribution in [-0.4, -0.2) is 44.1 Å². The molecule has 0 saturated carbocycles. The lowest BCUT2D eigenvalue weighted by molar-refractivity contribution is 0.102. The molecule has 116 valence electrons. The molecule has 6 nitrogen and oxygen atoms in total. The van der Waals surface area contributed by atoms with Gasteiger partial charge in [0, 0.05) is 33.8 Å². The number of carbonyl (C=O) groups excluding carboxylic acids is 1. The first-order chi connectivity index (χ1) is 10.4. The van der Waals surface area contributed by atoms with E-state index in [4.69, 9.17) is 0 Å². The topological polar surface area (TPSA) is 61.4 Å². The van der Waals surface area contributed by atoms with Gasteiger partial charge >= 0.3 is 0 Å². The number of nitrogens with one attached hydrogen (secondary N) is 1. The van der Waals surface area contributed by atoms with Crippen molar-refractivity contribution < 1.29 is 4.79 Å². The molecule has 0 bridgehead atoms. The van der Waals surface area contributed by atoms with Crippen LogP contribution in [-0.2, 0) is 0 Å². The zero-order chi connectivity index (χ0) is 16.3. The third-order valence-electron chi connectivity index (χ3n) is 3.22. The molecule has 1 aromatic heterocycles. The number of carbonyl (C=O) groups is 1. The first-order valence-electron chi connectivity index (χ1n) is 6.99. The van der Waals surface area contributed by atoms with Crippen molar-refractivity contribution in [3.05, 3.63) is 41.6 Å². The van der Waals surface area contributed by atoms with Gasteiger partial charge in [0.1, 0.15) is 5.69 Å². The summed E-state index contributed by atoms with van der Waals surface area (Å²) in [5, 5.41) is 2.89. The summed E-state index contributed by atoms with van der Waals surface area (Å²) in [6.45, 7) is 1.91. The Morgan fingerprint density at radius 2 is 1.77 bits per heavy atom. The van der Waals surface area contributed by atoms with E-state index in [1.807, 2.05) is 63.1 Å². The molecule has 22 heavy (non-hydrogen) atoms. The van der Waals surface area contributed by atoms with E-state index < -0.39 is 0 Å². The molecule has 1 heterocycles. The molecule has 0 aliphatic heterocycles. The zero-order valence-corrected chi connectivity index (χ0v) is 13.6. The maximum atomic E-state index is 12.4. The summed E-state index contributed by atoms with van der Waals surface area (Å²) in [5.74, 6) is 1.10. The van der Waals surface area contributed by atoms with Crippen LogP contribution >= 0.6 is 0 Å². The largest absolute Gasteiger partial charge is 0.361 e. The minimum Gasteiger partial charge on any atom is -0.361 e. The van der Waals surface area contributed by atoms with Crippen LogP contribution in [0.4, 0.5) is 17.5 Å². The maximum Gasteiger partial charge on any atom is 0.256 e. The summed E-state index contributed by atoms with van der Waals surface area (Å²) in [6.07, 6.45) is 1.63. The van der Waals surface area contributed by atoms with Gasteiger partial charge in [-0.3, -0.25) is 4.79 Å². The maximum absolute atomic E-state index is 12.4. The first-order valence-corrected chi connectivity index (χ1v) is 6.99. The summed E-state index contributed by atoms with van der Waals surface area (Å²) in [7, 11) is 7.51. The van der Waals surface area contributed by atoms with Crippen LogP contribution in [0.5, 0.6) is 0 Å². The Kier molecular flexibility index (Phi) is 4.60. The van der Waals surface area contributed by atoms with E-state index >= 15 is 0 Å². The van der Waals surface area contributed by atoms with E-state index in [2.05, 4.69) is 15.3 Å². The van der Waals surface area contributed by atoms with Gasteiger partial charge in [0.05, 0.1) is 6.20 Å². The number of aromatic nitrogens is 2. The van der Waals surface area contributed by atoms with Crippen molar-refractivity contribution in [1.82, 2.24) is 9.97 Å². The van der Waals surface area contributed by atoms with Crippen LogP contribution in [0.1, 0.15) is 15.9 Å². The summed E-state index contributed by atoms with van der Waals surface area (Å²) in [5.41, 5.74) is 2.16. The quantitative estimate of drug-likeness (QED) is 0.937. The van der Waals surface area contributed by atoms with Crippen molar-refractivity contribution in [2.45, 2.75) is 6.92 Å². The van der Waals surface area contributed by atoms with Crippen LogP contribution in [0, 0.1) is 6.92 Å². The Hall–Kier alpha value is -2.63. The van der Waals surface area contributed by atoms with Crippen molar-refractivity contribution in [1.29, 1.82) is 0 Å². The Labute approximate surface area is 130 Å². The fraction of sp³-hybridized carbons (Fsp3) is 0.312. The molecule has 0 atom stereocenters. The second-order valence-corrected chi connectivity index (χ2v) is 5.47. The van der Waals surface area contributed by atoms with Gasteiger partial charge in [-0.15, -0.1) is 0 Å². The van der Waals surface area contributed by atoms with E-state index in [1.54, 1.807) is 12.3 Å². The van der Waals surface area contributed by atoms with Gasteiger partial charge < -0.3 is 15.1 Å². The Balaban J connectivity index is 2.33. The third kappa shape index (κ3) is 3.33. The SMILES string of the molecule is Cc1ccccc1C(=O)Nc1cnc(N(C)C)nc1N(C)C. The number of hydrogen-bond donors (Lipinski definition) is 1. The summed E-state index contributed by atoms with van der Waals surface area (Å²) in [6, 6.07) is 7.47.